The van der Waals surface area contributed by atoms with Gasteiger partial charge in [-0.25, -0.2) is 0 Å². The summed E-state index contributed by atoms with van der Waals surface area (Å²) in [6.45, 7) is 0. The van der Waals surface area contributed by atoms with E-state index in [1.807, 2.05) is 43.3 Å². The van der Waals surface area contributed by atoms with Crippen molar-refractivity contribution in [1.82, 2.24) is 5.32 Å². The summed E-state index contributed by atoms with van der Waals surface area (Å²) in [4.78, 5) is 13.7. The summed E-state index contributed by atoms with van der Waals surface area (Å²) in [6, 6.07) is 8.09. The number of amides is 1. The van der Waals surface area contributed by atoms with Crippen molar-refractivity contribution in [2.45, 2.75) is 18.9 Å². The summed E-state index contributed by atoms with van der Waals surface area (Å²) in [5, 5.41) is 2.98. The number of hydrogen-bond donors (Lipinski definition) is 1. The molecular weight excluding hydrogens is 188 g/mol. The Bertz CT molecular complexity index is 370. The molecule has 3 nitrogen and oxygen atoms in total. The molecule has 0 spiro atoms. The monoisotopic (exact) mass is 204 g/mol. The fraction of sp³-hybridized carbons (Fsp3) is 0.417. The molecule has 1 aliphatic carbocycles. The largest absolute Gasteiger partial charge is 0.378 e. The average Bonchev–Trinajstić information content (AvgIpc) is 3.02. The van der Waals surface area contributed by atoms with Crippen LogP contribution in [0, 0.1) is 0 Å². The molecule has 3 heteroatoms. The molecule has 0 saturated heterocycles. The Morgan fingerprint density at radius 3 is 2.73 bits per heavy atom. The smallest absolute Gasteiger partial charge is 0.251 e. The molecule has 80 valence electrons. The Balaban J connectivity index is 2.12. The summed E-state index contributed by atoms with van der Waals surface area (Å²) < 4.78 is 0. The Morgan fingerprint density at radius 1 is 1.40 bits per heavy atom. The van der Waals surface area contributed by atoms with Gasteiger partial charge >= 0.3 is 0 Å². The molecule has 0 radical (unpaired) electrons. The number of carbonyl (C=O) groups excluding carboxylic acids is 1. The predicted octanol–water partition coefficient (Wildman–Crippen LogP) is 1.64. The van der Waals surface area contributed by atoms with Crippen molar-refractivity contribution >= 4 is 11.6 Å². The number of carbonyl (C=O) groups is 1. The zero-order chi connectivity index (χ0) is 10.8. The van der Waals surface area contributed by atoms with Crippen LogP contribution in [0.1, 0.15) is 23.2 Å². The van der Waals surface area contributed by atoms with Crippen LogP contribution in [0.5, 0.6) is 0 Å². The number of benzene rings is 1. The molecule has 0 unspecified atom stereocenters. The molecule has 1 fully saturated rings. The highest BCUT2D eigenvalue weighted by Gasteiger charge is 2.23. The second kappa shape index (κ2) is 3.93. The molecule has 0 aliphatic heterocycles. The van der Waals surface area contributed by atoms with Gasteiger partial charge in [-0.15, -0.1) is 0 Å². The molecule has 1 N–H and O–H groups in total. The molecule has 0 bridgehead atoms. The molecular formula is C12H16N2O. The van der Waals surface area contributed by atoms with Crippen LogP contribution in [0.15, 0.2) is 24.3 Å². The van der Waals surface area contributed by atoms with Gasteiger partial charge in [0.2, 0.25) is 0 Å². The van der Waals surface area contributed by atoms with E-state index in [2.05, 4.69) is 5.32 Å². The predicted molar refractivity (Wildman–Crippen MR) is 61.3 cm³/mol. The van der Waals surface area contributed by atoms with E-state index in [0.717, 1.165) is 24.1 Å². The third-order valence-electron chi connectivity index (χ3n) is 2.54. The minimum Gasteiger partial charge on any atom is -0.378 e. The SMILES string of the molecule is CN(C)c1cccc(C(=O)NC2CC2)c1. The van der Waals surface area contributed by atoms with Crippen LogP contribution in [-0.2, 0) is 0 Å². The van der Waals surface area contributed by atoms with E-state index < -0.39 is 0 Å². The highest BCUT2D eigenvalue weighted by Crippen LogP contribution is 2.20. The number of hydrogen-bond acceptors (Lipinski definition) is 2. The normalized spacial score (nSPS) is 14.8. The van der Waals surface area contributed by atoms with E-state index in [9.17, 15) is 4.79 Å². The summed E-state index contributed by atoms with van der Waals surface area (Å²) in [6.07, 6.45) is 2.25. The fourth-order valence-corrected chi connectivity index (χ4v) is 1.42. The molecule has 1 aliphatic rings. The van der Waals surface area contributed by atoms with E-state index >= 15 is 0 Å². The van der Waals surface area contributed by atoms with Crippen LogP contribution in [0.4, 0.5) is 5.69 Å². The summed E-state index contributed by atoms with van der Waals surface area (Å²) in [5.41, 5.74) is 1.80. The first-order chi connectivity index (χ1) is 7.16. The molecule has 1 aromatic rings. The maximum Gasteiger partial charge on any atom is 0.251 e. The first-order valence-electron chi connectivity index (χ1n) is 5.25. The van der Waals surface area contributed by atoms with Gasteiger partial charge in [-0.1, -0.05) is 6.07 Å². The van der Waals surface area contributed by atoms with Gasteiger partial charge in [-0.2, -0.15) is 0 Å². The topological polar surface area (TPSA) is 32.3 Å². The second-order valence-corrected chi connectivity index (χ2v) is 4.19. The van der Waals surface area contributed by atoms with Crippen LogP contribution in [0.25, 0.3) is 0 Å². The summed E-state index contributed by atoms with van der Waals surface area (Å²) >= 11 is 0. The standard InChI is InChI=1S/C12H16N2O/c1-14(2)11-5-3-4-9(8-11)12(15)13-10-6-7-10/h3-5,8,10H,6-7H2,1-2H3,(H,13,15). The van der Waals surface area contributed by atoms with Gasteiger partial charge in [-0.3, -0.25) is 4.79 Å². The van der Waals surface area contributed by atoms with Crippen molar-refractivity contribution in [1.29, 1.82) is 0 Å². The maximum absolute atomic E-state index is 11.7. The third kappa shape index (κ3) is 2.49. The Kier molecular flexibility index (Phi) is 2.62. The maximum atomic E-state index is 11.7. The highest BCUT2D eigenvalue weighted by atomic mass is 16.1. The van der Waals surface area contributed by atoms with Crippen molar-refractivity contribution in [3.63, 3.8) is 0 Å². The van der Waals surface area contributed by atoms with Crippen molar-refractivity contribution in [3.05, 3.63) is 29.8 Å². The highest BCUT2D eigenvalue weighted by molar-refractivity contribution is 5.95. The van der Waals surface area contributed by atoms with Gasteiger partial charge in [-0.05, 0) is 31.0 Å². The van der Waals surface area contributed by atoms with Gasteiger partial charge in [0.1, 0.15) is 0 Å². The zero-order valence-corrected chi connectivity index (χ0v) is 9.16. The van der Waals surface area contributed by atoms with Crippen LogP contribution in [0.2, 0.25) is 0 Å². The molecule has 0 heterocycles. The lowest BCUT2D eigenvalue weighted by Gasteiger charge is -2.13. The molecule has 0 atom stereocenters. The molecule has 15 heavy (non-hydrogen) atoms. The Labute approximate surface area is 90.1 Å². The van der Waals surface area contributed by atoms with E-state index in [1.54, 1.807) is 0 Å². The van der Waals surface area contributed by atoms with Crippen molar-refractivity contribution < 1.29 is 4.79 Å². The molecule has 1 aromatic carbocycles. The lowest BCUT2D eigenvalue weighted by molar-refractivity contribution is 0.0951. The quantitative estimate of drug-likeness (QED) is 0.812. The van der Waals surface area contributed by atoms with Gasteiger partial charge in [0.05, 0.1) is 0 Å². The van der Waals surface area contributed by atoms with E-state index in [1.165, 1.54) is 0 Å². The average molecular weight is 204 g/mol. The van der Waals surface area contributed by atoms with E-state index in [4.69, 9.17) is 0 Å². The first-order valence-corrected chi connectivity index (χ1v) is 5.25. The Hall–Kier alpha value is -1.51. The van der Waals surface area contributed by atoms with Crippen LogP contribution in [0.3, 0.4) is 0 Å². The molecule has 1 saturated carbocycles. The first kappa shape index (κ1) is 10.0. The van der Waals surface area contributed by atoms with Crippen LogP contribution in [-0.4, -0.2) is 26.0 Å². The van der Waals surface area contributed by atoms with E-state index in [0.29, 0.717) is 6.04 Å². The molecule has 2 rings (SSSR count). The summed E-state index contributed by atoms with van der Waals surface area (Å²) in [7, 11) is 3.94. The minimum atomic E-state index is 0.0428. The molecule has 0 aromatic heterocycles. The van der Waals surface area contributed by atoms with Crippen LogP contribution < -0.4 is 10.2 Å². The molecule has 1 amide bonds. The number of rotatable bonds is 3. The van der Waals surface area contributed by atoms with Gasteiger partial charge in [0.25, 0.3) is 5.91 Å². The van der Waals surface area contributed by atoms with Crippen molar-refractivity contribution in [2.24, 2.45) is 0 Å². The van der Waals surface area contributed by atoms with Gasteiger partial charge in [0.15, 0.2) is 0 Å². The summed E-state index contributed by atoms with van der Waals surface area (Å²) in [5.74, 6) is 0.0428. The lowest BCUT2D eigenvalue weighted by Crippen LogP contribution is -2.25. The third-order valence-corrected chi connectivity index (χ3v) is 2.54. The van der Waals surface area contributed by atoms with Gasteiger partial charge < -0.3 is 10.2 Å². The van der Waals surface area contributed by atoms with Crippen LogP contribution >= 0.6 is 0 Å². The Morgan fingerprint density at radius 2 is 2.13 bits per heavy atom. The second-order valence-electron chi connectivity index (χ2n) is 4.19. The minimum absolute atomic E-state index is 0.0428. The van der Waals surface area contributed by atoms with E-state index in [-0.39, 0.29) is 5.91 Å². The number of anilines is 1. The number of nitrogens with zero attached hydrogens (tertiary/aromatic N) is 1. The van der Waals surface area contributed by atoms with Gasteiger partial charge in [0, 0.05) is 31.4 Å². The fourth-order valence-electron chi connectivity index (χ4n) is 1.42. The number of nitrogens with one attached hydrogen (secondary N) is 1. The van der Waals surface area contributed by atoms with Crippen molar-refractivity contribution in [2.75, 3.05) is 19.0 Å². The van der Waals surface area contributed by atoms with Crippen molar-refractivity contribution in [3.8, 4) is 0 Å². The zero-order valence-electron chi connectivity index (χ0n) is 9.16. The lowest BCUT2D eigenvalue weighted by atomic mass is 10.2.